The van der Waals surface area contributed by atoms with Crippen LogP contribution in [-0.4, -0.2) is 17.6 Å². The molecule has 0 spiro atoms. The summed E-state index contributed by atoms with van der Waals surface area (Å²) in [6.45, 7) is 13.3. The molecule has 0 saturated carbocycles. The molecule has 0 aliphatic carbocycles. The van der Waals surface area contributed by atoms with Gasteiger partial charge < -0.3 is 10.4 Å². The summed E-state index contributed by atoms with van der Waals surface area (Å²) >= 11 is 0. The zero-order valence-corrected chi connectivity index (χ0v) is 17.5. The fraction of sp³-hybridized carbons (Fsp3) is 0.458. The Hall–Kier alpha value is -2.29. The second kappa shape index (κ2) is 8.16. The van der Waals surface area contributed by atoms with E-state index in [4.69, 9.17) is 0 Å². The Morgan fingerprint density at radius 1 is 0.926 bits per heavy atom. The Kier molecular flexibility index (Phi) is 6.35. The molecule has 0 bridgehead atoms. The maximum Gasteiger partial charge on any atom is 0.224 e. The van der Waals surface area contributed by atoms with Crippen molar-refractivity contribution in [1.82, 2.24) is 5.32 Å². The second-order valence-corrected chi connectivity index (χ2v) is 9.30. The smallest absolute Gasteiger partial charge is 0.224 e. The molecule has 3 heteroatoms. The summed E-state index contributed by atoms with van der Waals surface area (Å²) in [6.07, 6.45) is 1.14. The van der Waals surface area contributed by atoms with Crippen LogP contribution in [0.1, 0.15) is 63.8 Å². The molecule has 2 aromatic rings. The summed E-state index contributed by atoms with van der Waals surface area (Å²) in [7, 11) is 0. The van der Waals surface area contributed by atoms with Crippen molar-refractivity contribution in [2.75, 3.05) is 6.54 Å². The van der Waals surface area contributed by atoms with E-state index in [-0.39, 0.29) is 16.7 Å². The van der Waals surface area contributed by atoms with Gasteiger partial charge in [0.25, 0.3) is 0 Å². The Morgan fingerprint density at radius 2 is 1.44 bits per heavy atom. The van der Waals surface area contributed by atoms with E-state index in [9.17, 15) is 9.90 Å². The first kappa shape index (κ1) is 21.0. The van der Waals surface area contributed by atoms with Crippen molar-refractivity contribution in [3.63, 3.8) is 0 Å². The lowest BCUT2D eigenvalue weighted by Crippen LogP contribution is -2.27. The van der Waals surface area contributed by atoms with Crippen molar-refractivity contribution < 1.29 is 9.90 Å². The predicted molar refractivity (Wildman–Crippen MR) is 112 cm³/mol. The third kappa shape index (κ3) is 5.85. The van der Waals surface area contributed by atoms with Crippen LogP contribution in [0.25, 0.3) is 0 Å². The van der Waals surface area contributed by atoms with Crippen molar-refractivity contribution in [2.45, 2.75) is 65.2 Å². The van der Waals surface area contributed by atoms with Gasteiger partial charge in [0.15, 0.2) is 0 Å². The molecule has 3 nitrogen and oxygen atoms in total. The molecular weight excluding hydrogens is 338 g/mol. The number of carbonyl (C=O) groups excluding carboxylic acids is 1. The molecule has 2 N–H and O–H groups in total. The number of aromatic hydroxyl groups is 1. The summed E-state index contributed by atoms with van der Waals surface area (Å²) < 4.78 is 0. The highest BCUT2D eigenvalue weighted by molar-refractivity contribution is 5.78. The Morgan fingerprint density at radius 3 is 1.93 bits per heavy atom. The first-order valence-electron chi connectivity index (χ1n) is 9.66. The van der Waals surface area contributed by atoms with Crippen LogP contribution in [0.4, 0.5) is 0 Å². The van der Waals surface area contributed by atoms with Crippen molar-refractivity contribution in [2.24, 2.45) is 0 Å². The highest BCUT2D eigenvalue weighted by Gasteiger charge is 2.26. The van der Waals surface area contributed by atoms with Crippen LogP contribution in [0, 0.1) is 0 Å². The summed E-state index contributed by atoms with van der Waals surface area (Å²) in [6, 6.07) is 13.9. The molecule has 2 aromatic carbocycles. The molecule has 0 aromatic heterocycles. The molecule has 0 aliphatic rings. The molecule has 0 saturated heterocycles. The molecule has 2 rings (SSSR count). The van der Waals surface area contributed by atoms with Crippen LogP contribution in [-0.2, 0) is 28.5 Å². The number of hydrogen-bond acceptors (Lipinski definition) is 2. The Labute approximate surface area is 163 Å². The van der Waals surface area contributed by atoms with Gasteiger partial charge in [0.1, 0.15) is 5.75 Å². The van der Waals surface area contributed by atoms with Gasteiger partial charge >= 0.3 is 0 Å². The van der Waals surface area contributed by atoms with Crippen LogP contribution in [0.15, 0.2) is 42.5 Å². The van der Waals surface area contributed by atoms with E-state index in [1.807, 2.05) is 30.3 Å². The summed E-state index contributed by atoms with van der Waals surface area (Å²) in [4.78, 5) is 12.2. The minimum absolute atomic E-state index is 0.0343. The topological polar surface area (TPSA) is 49.3 Å². The van der Waals surface area contributed by atoms with Gasteiger partial charge in [-0.05, 0) is 39.5 Å². The van der Waals surface area contributed by atoms with Gasteiger partial charge in [-0.3, -0.25) is 4.79 Å². The second-order valence-electron chi connectivity index (χ2n) is 9.30. The fourth-order valence-electron chi connectivity index (χ4n) is 3.17. The zero-order valence-electron chi connectivity index (χ0n) is 17.5. The molecule has 27 heavy (non-hydrogen) atoms. The van der Waals surface area contributed by atoms with Crippen LogP contribution in [0.5, 0.6) is 5.75 Å². The SMILES string of the molecule is CC(C)(C)c1cc(C[14CH2]N[14C](=O)Cc2ccccc2)cc(C(C)(C)C)c1O. The largest absolute Gasteiger partial charge is 0.507 e. The normalized spacial score (nSPS) is 12.1. The van der Waals surface area contributed by atoms with E-state index in [1.165, 1.54) is 0 Å². The fourth-order valence-corrected chi connectivity index (χ4v) is 3.17. The molecule has 0 unspecified atom stereocenters. The maximum absolute atomic E-state index is 12.2. The number of phenols is 1. The Bertz CT molecular complexity index is 745. The van der Waals surface area contributed by atoms with Gasteiger partial charge in [-0.25, -0.2) is 0 Å². The molecule has 0 atom stereocenters. The van der Waals surface area contributed by atoms with E-state index in [1.54, 1.807) is 0 Å². The Balaban J connectivity index is 2.10. The number of nitrogens with one attached hydrogen (secondary N) is 1. The van der Waals surface area contributed by atoms with Crippen molar-refractivity contribution in [1.29, 1.82) is 0 Å². The number of amides is 1. The van der Waals surface area contributed by atoms with Crippen LogP contribution in [0.3, 0.4) is 0 Å². The lowest BCUT2D eigenvalue weighted by atomic mass is 9.78. The third-order valence-corrected chi connectivity index (χ3v) is 4.73. The van der Waals surface area contributed by atoms with Gasteiger partial charge in [0, 0.05) is 6.54 Å². The minimum Gasteiger partial charge on any atom is -0.507 e. The minimum atomic E-state index is -0.142. The quantitative estimate of drug-likeness (QED) is 0.786. The monoisotopic (exact) mass is 371 g/mol. The van der Waals surface area contributed by atoms with Gasteiger partial charge in [0.2, 0.25) is 5.91 Å². The first-order valence-corrected chi connectivity index (χ1v) is 9.66. The van der Waals surface area contributed by atoms with E-state index in [2.05, 4.69) is 59.0 Å². The highest BCUT2D eigenvalue weighted by Crippen LogP contribution is 2.39. The van der Waals surface area contributed by atoms with Crippen LogP contribution >= 0.6 is 0 Å². The molecule has 1 amide bonds. The summed E-state index contributed by atoms with van der Waals surface area (Å²) in [5, 5.41) is 13.8. The van der Waals surface area contributed by atoms with Gasteiger partial charge in [-0.15, -0.1) is 0 Å². The van der Waals surface area contributed by atoms with E-state index < -0.39 is 0 Å². The van der Waals surface area contributed by atoms with Crippen molar-refractivity contribution >= 4 is 5.91 Å². The van der Waals surface area contributed by atoms with Crippen LogP contribution in [0.2, 0.25) is 0 Å². The van der Waals surface area contributed by atoms with E-state index in [0.29, 0.717) is 18.7 Å². The lowest BCUT2D eigenvalue weighted by Gasteiger charge is -2.28. The zero-order chi connectivity index (χ0) is 20.2. The third-order valence-electron chi connectivity index (χ3n) is 4.73. The maximum atomic E-state index is 12.2. The molecular formula is C24H33NO2. The molecule has 146 valence electrons. The number of carbonyl (C=O) groups is 1. The first-order chi connectivity index (χ1) is 12.5. The highest BCUT2D eigenvalue weighted by atomic mass is 16.3. The van der Waals surface area contributed by atoms with Crippen LogP contribution < -0.4 is 5.32 Å². The van der Waals surface area contributed by atoms with Gasteiger partial charge in [-0.1, -0.05) is 84.0 Å². The molecule has 0 fully saturated rings. The average Bonchev–Trinajstić information content (AvgIpc) is 2.55. The number of rotatable bonds is 5. The van der Waals surface area contributed by atoms with Crippen molar-refractivity contribution in [3.05, 3.63) is 64.7 Å². The van der Waals surface area contributed by atoms with E-state index in [0.717, 1.165) is 28.7 Å². The molecule has 0 heterocycles. The average molecular weight is 372 g/mol. The molecule has 0 radical (unpaired) electrons. The van der Waals surface area contributed by atoms with Crippen molar-refractivity contribution in [3.8, 4) is 5.75 Å². The van der Waals surface area contributed by atoms with Gasteiger partial charge in [0.05, 0.1) is 6.42 Å². The number of hydrogen-bond donors (Lipinski definition) is 2. The predicted octanol–water partition coefficient (Wildman–Crippen LogP) is 4.89. The summed E-state index contributed by atoms with van der Waals surface area (Å²) in [5.74, 6) is 0.430. The molecule has 0 aliphatic heterocycles. The lowest BCUT2D eigenvalue weighted by molar-refractivity contribution is -0.120. The number of phenolic OH excluding ortho intramolecular Hbond substituents is 1. The standard InChI is InChI=1S/C24H33NO2/c1-23(2,3)19-14-18(15-20(22(19)27)24(4,5)6)12-13-25-21(26)16-17-10-8-7-9-11-17/h7-11,14-15,27H,12-13,16H2,1-6H3,(H,25,26)/i13+2,21+2. The number of benzene rings is 2. The van der Waals surface area contributed by atoms with E-state index >= 15 is 0 Å². The van der Waals surface area contributed by atoms with Gasteiger partial charge in [-0.2, -0.15) is 0 Å². The summed E-state index contributed by atoms with van der Waals surface area (Å²) in [5.41, 5.74) is 3.79.